The Kier molecular flexibility index (Phi) is 15.2. The van der Waals surface area contributed by atoms with Crippen LogP contribution in [0.4, 0.5) is 0 Å². The van der Waals surface area contributed by atoms with Crippen LogP contribution in [0.25, 0.3) is 0 Å². The number of aliphatic hydroxyl groups is 1. The Bertz CT molecular complexity index is 380. The second-order valence-corrected chi connectivity index (χ2v) is 6.75. The normalized spacial score (nSPS) is 13.7. The van der Waals surface area contributed by atoms with Gasteiger partial charge in [-0.15, -0.1) is 0 Å². The van der Waals surface area contributed by atoms with Crippen molar-refractivity contribution in [3.8, 4) is 0 Å². The van der Waals surface area contributed by atoms with E-state index >= 15 is 0 Å². The second kappa shape index (κ2) is 16.1. The molecule has 0 radical (unpaired) electrons. The van der Waals surface area contributed by atoms with Gasteiger partial charge in [0.1, 0.15) is 0 Å². The molecule has 0 rings (SSSR count). The zero-order valence-electron chi connectivity index (χ0n) is 16.0. The van der Waals surface area contributed by atoms with Gasteiger partial charge in [-0.25, -0.2) is 4.79 Å². The van der Waals surface area contributed by atoms with Gasteiger partial charge < -0.3 is 15.5 Å². The molecule has 1 amide bonds. The Balaban J connectivity index is 3.50. The summed E-state index contributed by atoms with van der Waals surface area (Å²) < 4.78 is 0. The first-order valence-electron chi connectivity index (χ1n) is 9.84. The maximum absolute atomic E-state index is 11.7. The van der Waals surface area contributed by atoms with Crippen LogP contribution < -0.4 is 5.32 Å². The Morgan fingerprint density at radius 1 is 0.920 bits per heavy atom. The van der Waals surface area contributed by atoms with Gasteiger partial charge in [-0.05, 0) is 39.0 Å². The number of allylic oxidation sites excluding steroid dienone is 2. The fourth-order valence-electron chi connectivity index (χ4n) is 2.64. The first-order valence-corrected chi connectivity index (χ1v) is 9.84. The van der Waals surface area contributed by atoms with Gasteiger partial charge in [0.2, 0.25) is 5.91 Å². The summed E-state index contributed by atoms with van der Waals surface area (Å²) in [5, 5.41) is 20.6. The predicted octanol–water partition coefficient (Wildman–Crippen LogP) is 4.19. The summed E-state index contributed by atoms with van der Waals surface area (Å²) in [5.74, 6) is -1.51. The molecule has 146 valence electrons. The number of rotatable bonds is 16. The number of carbonyl (C=O) groups excluding carboxylic acids is 1. The smallest absolute Gasteiger partial charge is 0.328 e. The molecule has 0 heterocycles. The van der Waals surface area contributed by atoms with Crippen molar-refractivity contribution in [3.63, 3.8) is 0 Å². The monoisotopic (exact) mass is 355 g/mol. The van der Waals surface area contributed by atoms with E-state index in [1.54, 1.807) is 0 Å². The standard InChI is InChI=1S/C20H37NO4/c1-3-4-5-6-7-8-9-10-11-12-13-14-15-16-18(23)21-19(17(2)22)20(24)25/h8-9,17,19,22H,3-7,10-16H2,1-2H3,(H,21,23)(H,24,25)/b9-8-/t17-,19+/m1/s1. The molecule has 0 aliphatic heterocycles. The number of unbranched alkanes of at least 4 members (excludes halogenated alkanes) is 9. The third-order valence-corrected chi connectivity index (χ3v) is 4.23. The maximum Gasteiger partial charge on any atom is 0.328 e. The largest absolute Gasteiger partial charge is 0.480 e. The number of carbonyl (C=O) groups is 2. The van der Waals surface area contributed by atoms with Gasteiger partial charge in [0.25, 0.3) is 0 Å². The van der Waals surface area contributed by atoms with Crippen LogP contribution in [0.2, 0.25) is 0 Å². The molecule has 0 aromatic rings. The number of hydrogen-bond acceptors (Lipinski definition) is 3. The van der Waals surface area contributed by atoms with Crippen LogP contribution in [-0.2, 0) is 9.59 Å². The lowest BCUT2D eigenvalue weighted by Crippen LogP contribution is -2.47. The molecule has 5 heteroatoms. The van der Waals surface area contributed by atoms with Crippen molar-refractivity contribution < 1.29 is 19.8 Å². The molecule has 0 aliphatic rings. The highest BCUT2D eigenvalue weighted by atomic mass is 16.4. The molecule has 0 aromatic carbocycles. The molecule has 5 nitrogen and oxygen atoms in total. The van der Waals surface area contributed by atoms with Crippen molar-refractivity contribution >= 4 is 11.9 Å². The third-order valence-electron chi connectivity index (χ3n) is 4.23. The fraction of sp³-hybridized carbons (Fsp3) is 0.800. The van der Waals surface area contributed by atoms with E-state index in [0.29, 0.717) is 6.42 Å². The first-order chi connectivity index (χ1) is 12.0. The zero-order valence-corrected chi connectivity index (χ0v) is 16.0. The Labute approximate surface area is 152 Å². The lowest BCUT2D eigenvalue weighted by molar-refractivity contribution is -0.144. The molecule has 0 bridgehead atoms. The van der Waals surface area contributed by atoms with Crippen LogP contribution in [0.15, 0.2) is 12.2 Å². The topological polar surface area (TPSA) is 86.6 Å². The lowest BCUT2D eigenvalue weighted by atomic mass is 10.1. The van der Waals surface area contributed by atoms with Crippen LogP contribution >= 0.6 is 0 Å². The van der Waals surface area contributed by atoms with Gasteiger partial charge in [-0.1, -0.05) is 57.6 Å². The van der Waals surface area contributed by atoms with Crippen LogP contribution in [0.3, 0.4) is 0 Å². The predicted molar refractivity (Wildman–Crippen MR) is 101 cm³/mol. The quantitative estimate of drug-likeness (QED) is 0.286. The zero-order chi connectivity index (χ0) is 18.9. The Hall–Kier alpha value is -1.36. The van der Waals surface area contributed by atoms with E-state index in [9.17, 15) is 14.7 Å². The lowest BCUT2D eigenvalue weighted by Gasteiger charge is -2.16. The molecular formula is C20H37NO4. The summed E-state index contributed by atoms with van der Waals surface area (Å²) in [7, 11) is 0. The molecule has 25 heavy (non-hydrogen) atoms. The number of amides is 1. The molecule has 0 aliphatic carbocycles. The fourth-order valence-corrected chi connectivity index (χ4v) is 2.64. The summed E-state index contributed by atoms with van der Waals surface area (Å²) in [5.41, 5.74) is 0. The van der Waals surface area contributed by atoms with Gasteiger partial charge in [0, 0.05) is 6.42 Å². The van der Waals surface area contributed by atoms with Crippen molar-refractivity contribution in [2.45, 2.75) is 103 Å². The number of nitrogens with one attached hydrogen (secondary N) is 1. The number of carboxylic acids is 1. The van der Waals surface area contributed by atoms with E-state index in [1.807, 2.05) is 0 Å². The second-order valence-electron chi connectivity index (χ2n) is 6.75. The molecule has 0 spiro atoms. The number of aliphatic hydroxyl groups excluding tert-OH is 1. The average molecular weight is 356 g/mol. The highest BCUT2D eigenvalue weighted by molar-refractivity contribution is 5.83. The number of hydrogen-bond donors (Lipinski definition) is 3. The van der Waals surface area contributed by atoms with E-state index in [4.69, 9.17) is 5.11 Å². The molecular weight excluding hydrogens is 318 g/mol. The van der Waals surface area contributed by atoms with Crippen LogP contribution in [-0.4, -0.2) is 34.2 Å². The van der Waals surface area contributed by atoms with Crippen molar-refractivity contribution in [3.05, 3.63) is 12.2 Å². The van der Waals surface area contributed by atoms with E-state index in [-0.39, 0.29) is 5.91 Å². The van der Waals surface area contributed by atoms with Gasteiger partial charge >= 0.3 is 5.97 Å². The molecule has 0 unspecified atom stereocenters. The van der Waals surface area contributed by atoms with E-state index < -0.39 is 18.1 Å². The van der Waals surface area contributed by atoms with E-state index in [2.05, 4.69) is 24.4 Å². The van der Waals surface area contributed by atoms with Crippen molar-refractivity contribution in [2.24, 2.45) is 0 Å². The average Bonchev–Trinajstić information content (AvgIpc) is 2.56. The molecule has 3 N–H and O–H groups in total. The summed E-state index contributed by atoms with van der Waals surface area (Å²) in [6, 6.07) is -1.22. The summed E-state index contributed by atoms with van der Waals surface area (Å²) >= 11 is 0. The highest BCUT2D eigenvalue weighted by Crippen LogP contribution is 2.09. The van der Waals surface area contributed by atoms with Crippen LogP contribution in [0, 0.1) is 0 Å². The maximum atomic E-state index is 11.7. The molecule has 0 aromatic heterocycles. The van der Waals surface area contributed by atoms with Gasteiger partial charge in [-0.3, -0.25) is 4.79 Å². The number of carboxylic acid groups (broad SMARTS) is 1. The van der Waals surface area contributed by atoms with Gasteiger partial charge in [0.15, 0.2) is 6.04 Å². The van der Waals surface area contributed by atoms with Gasteiger partial charge in [-0.2, -0.15) is 0 Å². The minimum atomic E-state index is -1.22. The third kappa shape index (κ3) is 14.7. The summed E-state index contributed by atoms with van der Waals surface area (Å²) in [4.78, 5) is 22.6. The SMILES string of the molecule is CCCCCC/C=C\CCCCCCCC(=O)N[C@H](C(=O)O)[C@@H](C)O. The van der Waals surface area contributed by atoms with E-state index in [0.717, 1.165) is 32.1 Å². The molecule has 0 fully saturated rings. The summed E-state index contributed by atoms with van der Waals surface area (Å²) in [6.45, 7) is 3.59. The highest BCUT2D eigenvalue weighted by Gasteiger charge is 2.24. The first kappa shape index (κ1) is 23.6. The van der Waals surface area contributed by atoms with Crippen molar-refractivity contribution in [1.29, 1.82) is 0 Å². The van der Waals surface area contributed by atoms with Crippen LogP contribution in [0.1, 0.15) is 90.9 Å². The van der Waals surface area contributed by atoms with Crippen molar-refractivity contribution in [1.82, 2.24) is 5.32 Å². The van der Waals surface area contributed by atoms with Crippen LogP contribution in [0.5, 0.6) is 0 Å². The van der Waals surface area contributed by atoms with E-state index in [1.165, 1.54) is 45.4 Å². The Morgan fingerprint density at radius 3 is 1.96 bits per heavy atom. The molecule has 0 saturated carbocycles. The van der Waals surface area contributed by atoms with Crippen molar-refractivity contribution in [2.75, 3.05) is 0 Å². The summed E-state index contributed by atoms with van der Waals surface area (Å²) in [6.07, 6.45) is 16.5. The minimum Gasteiger partial charge on any atom is -0.480 e. The minimum absolute atomic E-state index is 0.306. The molecule has 0 saturated heterocycles. The Morgan fingerprint density at radius 2 is 1.44 bits per heavy atom. The van der Waals surface area contributed by atoms with Gasteiger partial charge in [0.05, 0.1) is 6.10 Å². The number of aliphatic carboxylic acids is 1. The molecule has 2 atom stereocenters.